The lowest BCUT2D eigenvalue weighted by atomic mass is 10.3. The molecule has 0 amide bonds. The molecule has 0 aliphatic rings. The van der Waals surface area contributed by atoms with Crippen LogP contribution in [-0.4, -0.2) is 9.78 Å². The minimum absolute atomic E-state index is 0.0636. The van der Waals surface area contributed by atoms with Gasteiger partial charge in [0.2, 0.25) is 0 Å². The van der Waals surface area contributed by atoms with Gasteiger partial charge < -0.3 is 0 Å². The number of hydrogen-bond donors (Lipinski definition) is 1. The van der Waals surface area contributed by atoms with Gasteiger partial charge in [-0.3, -0.25) is 9.89 Å². The van der Waals surface area contributed by atoms with Crippen molar-refractivity contribution in [3.05, 3.63) is 49.3 Å². The predicted octanol–water partition coefficient (Wildman–Crippen LogP) is 3.00. The molecule has 0 bridgehead atoms. The largest absolute Gasteiger partial charge is 0.295 e. The van der Waals surface area contributed by atoms with Crippen LogP contribution in [0.2, 0.25) is 0 Å². The standard InChI is InChI=1S/C10H8Br2N2O/c1-6-4-10(15)14(13-6)9-5-7(11)2-3-8(9)12/h2-5,13H,1H3. The average Bonchev–Trinajstić information content (AvgIpc) is 2.50. The van der Waals surface area contributed by atoms with Gasteiger partial charge in [-0.05, 0) is 41.1 Å². The molecular formula is C10H8Br2N2O. The number of aryl methyl sites for hydroxylation is 1. The van der Waals surface area contributed by atoms with Gasteiger partial charge in [0.15, 0.2) is 0 Å². The van der Waals surface area contributed by atoms with Crippen LogP contribution in [0.15, 0.2) is 38.0 Å². The van der Waals surface area contributed by atoms with Crippen LogP contribution in [0.25, 0.3) is 5.69 Å². The summed E-state index contributed by atoms with van der Waals surface area (Å²) in [5.41, 5.74) is 1.57. The molecule has 15 heavy (non-hydrogen) atoms. The van der Waals surface area contributed by atoms with Gasteiger partial charge >= 0.3 is 0 Å². The molecule has 0 spiro atoms. The summed E-state index contributed by atoms with van der Waals surface area (Å²) in [5, 5.41) is 2.98. The van der Waals surface area contributed by atoms with Crippen molar-refractivity contribution in [3.63, 3.8) is 0 Å². The van der Waals surface area contributed by atoms with E-state index in [9.17, 15) is 4.79 Å². The van der Waals surface area contributed by atoms with Crippen LogP contribution in [0.5, 0.6) is 0 Å². The van der Waals surface area contributed by atoms with Gasteiger partial charge in [-0.1, -0.05) is 15.9 Å². The number of hydrogen-bond acceptors (Lipinski definition) is 1. The van der Waals surface area contributed by atoms with E-state index in [0.29, 0.717) is 0 Å². The minimum Gasteiger partial charge on any atom is -0.295 e. The van der Waals surface area contributed by atoms with Crippen molar-refractivity contribution in [3.8, 4) is 5.69 Å². The second-order valence-corrected chi connectivity index (χ2v) is 4.98. The zero-order chi connectivity index (χ0) is 11.0. The molecule has 1 N–H and O–H groups in total. The van der Waals surface area contributed by atoms with Crippen molar-refractivity contribution < 1.29 is 0 Å². The molecule has 0 aliphatic heterocycles. The Bertz CT molecular complexity index is 557. The van der Waals surface area contributed by atoms with E-state index in [1.807, 2.05) is 25.1 Å². The van der Waals surface area contributed by atoms with Crippen molar-refractivity contribution >= 4 is 31.9 Å². The molecule has 0 unspecified atom stereocenters. The smallest absolute Gasteiger partial charge is 0.271 e. The molecule has 3 nitrogen and oxygen atoms in total. The van der Waals surface area contributed by atoms with Crippen LogP contribution in [0.4, 0.5) is 0 Å². The predicted molar refractivity (Wildman–Crippen MR) is 66.5 cm³/mol. The van der Waals surface area contributed by atoms with Gasteiger partial charge in [-0.25, -0.2) is 4.68 Å². The average molecular weight is 332 g/mol. The van der Waals surface area contributed by atoms with Crippen molar-refractivity contribution in [2.24, 2.45) is 0 Å². The molecule has 5 heteroatoms. The van der Waals surface area contributed by atoms with E-state index in [2.05, 4.69) is 37.0 Å². The van der Waals surface area contributed by atoms with E-state index in [4.69, 9.17) is 0 Å². The number of aromatic nitrogens is 2. The van der Waals surface area contributed by atoms with Crippen molar-refractivity contribution in [2.75, 3.05) is 0 Å². The molecule has 0 fully saturated rings. The van der Waals surface area contributed by atoms with E-state index in [0.717, 1.165) is 20.3 Å². The number of rotatable bonds is 1. The summed E-state index contributed by atoms with van der Waals surface area (Å²) in [6, 6.07) is 7.24. The van der Waals surface area contributed by atoms with Gasteiger partial charge in [0, 0.05) is 20.7 Å². The summed E-state index contributed by atoms with van der Waals surface area (Å²) in [5.74, 6) is 0. The lowest BCUT2D eigenvalue weighted by molar-refractivity contribution is 0.831. The number of halogens is 2. The number of benzene rings is 1. The summed E-state index contributed by atoms with van der Waals surface area (Å²) in [6.45, 7) is 1.85. The molecule has 2 aromatic rings. The van der Waals surface area contributed by atoms with Crippen LogP contribution in [0.3, 0.4) is 0 Å². The Balaban J connectivity index is 2.68. The Labute approximate surface area is 103 Å². The first-order valence-corrected chi connectivity index (χ1v) is 5.90. The first-order valence-electron chi connectivity index (χ1n) is 4.32. The van der Waals surface area contributed by atoms with E-state index >= 15 is 0 Å². The fourth-order valence-corrected chi connectivity index (χ4v) is 2.12. The Morgan fingerprint density at radius 1 is 1.27 bits per heavy atom. The van der Waals surface area contributed by atoms with E-state index in [-0.39, 0.29) is 5.56 Å². The van der Waals surface area contributed by atoms with Crippen LogP contribution in [-0.2, 0) is 0 Å². The quantitative estimate of drug-likeness (QED) is 0.857. The molecule has 1 aromatic carbocycles. The van der Waals surface area contributed by atoms with E-state index in [1.54, 1.807) is 6.07 Å². The Morgan fingerprint density at radius 2 is 2.00 bits per heavy atom. The maximum Gasteiger partial charge on any atom is 0.271 e. The monoisotopic (exact) mass is 330 g/mol. The fraction of sp³-hybridized carbons (Fsp3) is 0.100. The molecule has 1 heterocycles. The SMILES string of the molecule is Cc1cc(=O)n(-c2cc(Br)ccc2Br)[nH]1. The highest BCUT2D eigenvalue weighted by Gasteiger charge is 2.06. The van der Waals surface area contributed by atoms with Crippen LogP contribution >= 0.6 is 31.9 Å². The second-order valence-electron chi connectivity index (χ2n) is 3.21. The highest BCUT2D eigenvalue weighted by Crippen LogP contribution is 2.23. The minimum atomic E-state index is -0.0636. The van der Waals surface area contributed by atoms with Gasteiger partial charge in [0.05, 0.1) is 5.69 Å². The normalized spacial score (nSPS) is 10.6. The van der Waals surface area contributed by atoms with Crippen LogP contribution in [0, 0.1) is 6.92 Å². The van der Waals surface area contributed by atoms with E-state index < -0.39 is 0 Å². The van der Waals surface area contributed by atoms with Crippen LogP contribution in [0.1, 0.15) is 5.69 Å². The highest BCUT2D eigenvalue weighted by atomic mass is 79.9. The van der Waals surface area contributed by atoms with Gasteiger partial charge in [-0.2, -0.15) is 0 Å². The molecule has 2 rings (SSSR count). The van der Waals surface area contributed by atoms with Gasteiger partial charge in [-0.15, -0.1) is 0 Å². The first kappa shape index (κ1) is 10.7. The summed E-state index contributed by atoms with van der Waals surface area (Å²) < 4.78 is 3.30. The lowest BCUT2D eigenvalue weighted by Gasteiger charge is -2.05. The lowest BCUT2D eigenvalue weighted by Crippen LogP contribution is -2.13. The molecular weight excluding hydrogens is 324 g/mol. The maximum absolute atomic E-state index is 11.6. The highest BCUT2D eigenvalue weighted by molar-refractivity contribution is 9.11. The third-order valence-corrected chi connectivity index (χ3v) is 3.16. The van der Waals surface area contributed by atoms with Gasteiger partial charge in [0.25, 0.3) is 5.56 Å². The summed E-state index contributed by atoms with van der Waals surface area (Å²) in [7, 11) is 0. The molecule has 78 valence electrons. The number of nitrogens with zero attached hydrogens (tertiary/aromatic N) is 1. The molecule has 0 atom stereocenters. The van der Waals surface area contributed by atoms with Crippen molar-refractivity contribution in [1.29, 1.82) is 0 Å². The van der Waals surface area contributed by atoms with E-state index in [1.165, 1.54) is 4.68 Å². The Kier molecular flexibility index (Phi) is 2.84. The molecule has 0 radical (unpaired) electrons. The third-order valence-electron chi connectivity index (χ3n) is 2.00. The number of nitrogens with one attached hydrogen (secondary N) is 1. The zero-order valence-corrected chi connectivity index (χ0v) is 11.1. The summed E-state index contributed by atoms with van der Waals surface area (Å²) >= 11 is 6.78. The maximum atomic E-state index is 11.6. The molecule has 0 saturated heterocycles. The third kappa shape index (κ3) is 2.08. The first-order chi connectivity index (χ1) is 7.08. The molecule has 0 aliphatic carbocycles. The number of H-pyrrole nitrogens is 1. The molecule has 1 aromatic heterocycles. The number of aromatic amines is 1. The van der Waals surface area contributed by atoms with Crippen molar-refractivity contribution in [2.45, 2.75) is 6.92 Å². The van der Waals surface area contributed by atoms with Gasteiger partial charge in [0.1, 0.15) is 0 Å². The molecule has 0 saturated carbocycles. The van der Waals surface area contributed by atoms with Crippen LogP contribution < -0.4 is 5.56 Å². The topological polar surface area (TPSA) is 37.8 Å². The summed E-state index contributed by atoms with van der Waals surface area (Å²) in [4.78, 5) is 11.6. The zero-order valence-electron chi connectivity index (χ0n) is 7.92. The van der Waals surface area contributed by atoms with Crippen molar-refractivity contribution in [1.82, 2.24) is 9.78 Å². The second kappa shape index (κ2) is 3.98. The fourth-order valence-electron chi connectivity index (χ4n) is 1.35. The summed E-state index contributed by atoms with van der Waals surface area (Å²) in [6.07, 6.45) is 0. The Morgan fingerprint density at radius 3 is 2.60 bits per heavy atom. The Hall–Kier alpha value is -0.810.